The fourth-order valence-electron chi connectivity index (χ4n) is 2.22. The van der Waals surface area contributed by atoms with E-state index in [-0.39, 0.29) is 34.2 Å². The molecule has 2 atom stereocenters. The molecule has 0 aromatic heterocycles. The molecule has 0 aliphatic heterocycles. The van der Waals surface area contributed by atoms with Crippen LogP contribution in [0.3, 0.4) is 0 Å². The summed E-state index contributed by atoms with van der Waals surface area (Å²) < 4.78 is 32.6. The zero-order chi connectivity index (χ0) is 20.8. The maximum absolute atomic E-state index is 12.5. The number of sulfonamides is 1. The van der Waals surface area contributed by atoms with Gasteiger partial charge in [-0.05, 0) is 52.3 Å². The lowest BCUT2D eigenvalue weighted by atomic mass is 10.1. The van der Waals surface area contributed by atoms with Crippen molar-refractivity contribution in [3.8, 4) is 5.75 Å². The van der Waals surface area contributed by atoms with Gasteiger partial charge in [-0.2, -0.15) is 0 Å². The SMILES string of the molecule is CCC(C)NC(=O)C(C)NC(=O)c1ccc(OC)c(S(=O)(=O)NC(C)C)c1. The molecule has 152 valence electrons. The van der Waals surface area contributed by atoms with Crippen molar-refractivity contribution >= 4 is 21.8 Å². The van der Waals surface area contributed by atoms with Crippen molar-refractivity contribution in [3.63, 3.8) is 0 Å². The van der Waals surface area contributed by atoms with Crippen molar-refractivity contribution in [3.05, 3.63) is 23.8 Å². The minimum atomic E-state index is -3.86. The van der Waals surface area contributed by atoms with Crippen LogP contribution >= 0.6 is 0 Å². The van der Waals surface area contributed by atoms with Gasteiger partial charge in [0.2, 0.25) is 15.9 Å². The van der Waals surface area contributed by atoms with Crippen LogP contribution in [0.25, 0.3) is 0 Å². The van der Waals surface area contributed by atoms with Crippen LogP contribution in [-0.2, 0) is 14.8 Å². The maximum atomic E-state index is 12.5. The van der Waals surface area contributed by atoms with Crippen molar-refractivity contribution < 1.29 is 22.7 Å². The lowest BCUT2D eigenvalue weighted by molar-refractivity contribution is -0.123. The largest absolute Gasteiger partial charge is 0.495 e. The Hall–Kier alpha value is -2.13. The molecular formula is C18H29N3O5S. The Morgan fingerprint density at radius 3 is 2.26 bits per heavy atom. The van der Waals surface area contributed by atoms with Crippen LogP contribution in [0, 0.1) is 0 Å². The summed E-state index contributed by atoms with van der Waals surface area (Å²) in [4.78, 5) is 24.4. The molecule has 1 aromatic rings. The number of methoxy groups -OCH3 is 1. The molecule has 8 nitrogen and oxygen atoms in total. The highest BCUT2D eigenvalue weighted by Crippen LogP contribution is 2.25. The standard InChI is InChI=1S/C18H29N3O5S/c1-7-12(4)19-17(22)13(5)20-18(23)14-8-9-15(26-6)16(10-14)27(24,25)21-11(2)3/h8-13,21H,7H2,1-6H3,(H,19,22)(H,20,23). The number of hydrogen-bond acceptors (Lipinski definition) is 5. The molecule has 0 saturated heterocycles. The van der Waals surface area contributed by atoms with E-state index in [1.165, 1.54) is 25.3 Å². The Bertz CT molecular complexity index is 777. The number of hydrogen-bond donors (Lipinski definition) is 3. The summed E-state index contributed by atoms with van der Waals surface area (Å²) in [7, 11) is -2.50. The van der Waals surface area contributed by atoms with Gasteiger partial charge in [0.05, 0.1) is 7.11 Å². The Kier molecular flexibility index (Phi) is 8.23. The van der Waals surface area contributed by atoms with Crippen molar-refractivity contribution in [1.82, 2.24) is 15.4 Å². The highest BCUT2D eigenvalue weighted by atomic mass is 32.2. The quantitative estimate of drug-likeness (QED) is 0.581. The van der Waals surface area contributed by atoms with Gasteiger partial charge in [-0.3, -0.25) is 9.59 Å². The van der Waals surface area contributed by atoms with Gasteiger partial charge in [0.25, 0.3) is 5.91 Å². The van der Waals surface area contributed by atoms with E-state index in [1.54, 1.807) is 20.8 Å². The topological polar surface area (TPSA) is 114 Å². The number of carbonyl (C=O) groups excluding carboxylic acids is 2. The fourth-order valence-corrected chi connectivity index (χ4v) is 3.66. The number of ether oxygens (including phenoxy) is 1. The van der Waals surface area contributed by atoms with E-state index < -0.39 is 22.0 Å². The third-order valence-corrected chi connectivity index (χ3v) is 5.53. The Labute approximate surface area is 161 Å². The van der Waals surface area contributed by atoms with Gasteiger partial charge in [-0.25, -0.2) is 13.1 Å². The molecule has 9 heteroatoms. The molecule has 2 unspecified atom stereocenters. The fraction of sp³-hybridized carbons (Fsp3) is 0.556. The first kappa shape index (κ1) is 22.9. The molecule has 0 heterocycles. The van der Waals surface area contributed by atoms with E-state index in [9.17, 15) is 18.0 Å². The summed E-state index contributed by atoms with van der Waals surface area (Å²) in [5.41, 5.74) is 0.114. The van der Waals surface area contributed by atoms with Crippen LogP contribution < -0.4 is 20.1 Å². The molecule has 0 saturated carbocycles. The second kappa shape index (κ2) is 9.70. The van der Waals surface area contributed by atoms with E-state index >= 15 is 0 Å². The monoisotopic (exact) mass is 399 g/mol. The molecule has 2 amide bonds. The maximum Gasteiger partial charge on any atom is 0.251 e. The first-order valence-electron chi connectivity index (χ1n) is 8.83. The molecule has 0 bridgehead atoms. The number of benzene rings is 1. The summed E-state index contributed by atoms with van der Waals surface area (Å²) in [6.07, 6.45) is 0.773. The first-order valence-corrected chi connectivity index (χ1v) is 10.3. The van der Waals surface area contributed by atoms with E-state index in [1.807, 2.05) is 13.8 Å². The van der Waals surface area contributed by atoms with Crippen molar-refractivity contribution in [1.29, 1.82) is 0 Å². The van der Waals surface area contributed by atoms with Crippen molar-refractivity contribution in [2.24, 2.45) is 0 Å². The number of amides is 2. The molecule has 1 rings (SSSR count). The summed E-state index contributed by atoms with van der Waals surface area (Å²) in [5, 5.41) is 5.36. The van der Waals surface area contributed by atoms with Crippen molar-refractivity contribution in [2.75, 3.05) is 7.11 Å². The van der Waals surface area contributed by atoms with Crippen LogP contribution in [0.5, 0.6) is 5.75 Å². The van der Waals surface area contributed by atoms with Crippen molar-refractivity contribution in [2.45, 2.75) is 64.1 Å². The molecule has 27 heavy (non-hydrogen) atoms. The molecule has 0 radical (unpaired) electrons. The highest BCUT2D eigenvalue weighted by Gasteiger charge is 2.24. The summed E-state index contributed by atoms with van der Waals surface area (Å²) in [6, 6.07) is 3.01. The van der Waals surface area contributed by atoms with Crippen LogP contribution in [0.1, 0.15) is 51.4 Å². The first-order chi connectivity index (χ1) is 12.5. The second-order valence-electron chi connectivity index (χ2n) is 6.65. The average Bonchev–Trinajstić information content (AvgIpc) is 2.59. The van der Waals surface area contributed by atoms with Crippen LogP contribution in [0.15, 0.2) is 23.1 Å². The zero-order valence-corrected chi connectivity index (χ0v) is 17.4. The predicted octanol–water partition coefficient (Wildman–Crippen LogP) is 1.41. The van der Waals surface area contributed by atoms with Gasteiger partial charge >= 0.3 is 0 Å². The normalized spacial score (nSPS) is 13.7. The Morgan fingerprint density at radius 2 is 1.74 bits per heavy atom. The van der Waals surface area contributed by atoms with Gasteiger partial charge in [-0.15, -0.1) is 0 Å². The van der Waals surface area contributed by atoms with Crippen LogP contribution in [0.2, 0.25) is 0 Å². The van der Waals surface area contributed by atoms with Gasteiger partial charge in [0.15, 0.2) is 0 Å². The third-order valence-electron chi connectivity index (χ3n) is 3.85. The van der Waals surface area contributed by atoms with E-state index in [4.69, 9.17) is 4.74 Å². The minimum absolute atomic E-state index is 0.00306. The van der Waals surface area contributed by atoms with E-state index in [0.29, 0.717) is 0 Å². The molecule has 0 fully saturated rings. The van der Waals surface area contributed by atoms with Crippen LogP contribution in [-0.4, -0.2) is 45.5 Å². The molecule has 0 spiro atoms. The summed E-state index contributed by atoms with van der Waals surface area (Å²) >= 11 is 0. The van der Waals surface area contributed by atoms with Gasteiger partial charge < -0.3 is 15.4 Å². The minimum Gasteiger partial charge on any atom is -0.495 e. The Balaban J connectivity index is 3.05. The number of nitrogens with one attached hydrogen (secondary N) is 3. The predicted molar refractivity (Wildman–Crippen MR) is 103 cm³/mol. The average molecular weight is 400 g/mol. The molecule has 1 aromatic carbocycles. The second-order valence-corrected chi connectivity index (χ2v) is 8.34. The van der Waals surface area contributed by atoms with Gasteiger partial charge in [0, 0.05) is 17.6 Å². The van der Waals surface area contributed by atoms with Crippen LogP contribution in [0.4, 0.5) is 0 Å². The molecular weight excluding hydrogens is 370 g/mol. The van der Waals surface area contributed by atoms with Gasteiger partial charge in [0.1, 0.15) is 16.7 Å². The lowest BCUT2D eigenvalue weighted by Gasteiger charge is -2.18. The molecule has 0 aliphatic carbocycles. The summed E-state index contributed by atoms with van der Waals surface area (Å²) in [5.74, 6) is -0.728. The molecule has 3 N–H and O–H groups in total. The zero-order valence-electron chi connectivity index (χ0n) is 16.6. The van der Waals surface area contributed by atoms with E-state index in [0.717, 1.165) is 6.42 Å². The third kappa shape index (κ3) is 6.51. The smallest absolute Gasteiger partial charge is 0.251 e. The highest BCUT2D eigenvalue weighted by molar-refractivity contribution is 7.89. The summed E-state index contributed by atoms with van der Waals surface area (Å²) in [6.45, 7) is 8.76. The molecule has 0 aliphatic rings. The number of rotatable bonds is 9. The number of carbonyl (C=O) groups is 2. The Morgan fingerprint density at radius 1 is 1.11 bits per heavy atom. The van der Waals surface area contributed by atoms with E-state index in [2.05, 4.69) is 15.4 Å². The van der Waals surface area contributed by atoms with Gasteiger partial charge in [-0.1, -0.05) is 6.92 Å². The lowest BCUT2D eigenvalue weighted by Crippen LogP contribution is -2.47.